The average molecular weight is 214 g/mol. The van der Waals surface area contributed by atoms with E-state index in [0.29, 0.717) is 11.3 Å². The lowest BCUT2D eigenvalue weighted by Gasteiger charge is -2.08. The Kier molecular flexibility index (Phi) is 3.69. The van der Waals surface area contributed by atoms with Crippen molar-refractivity contribution in [3.8, 4) is 0 Å². The summed E-state index contributed by atoms with van der Waals surface area (Å²) in [5, 5.41) is 2.27. The van der Waals surface area contributed by atoms with Crippen molar-refractivity contribution >= 4 is 5.69 Å². The molecule has 1 aromatic rings. The minimum Gasteiger partial charge on any atom is -0.305 e. The Bertz CT molecular complexity index is 366. The molecule has 0 saturated carbocycles. The summed E-state index contributed by atoms with van der Waals surface area (Å²) in [6.07, 6.45) is -4.20. The van der Waals surface area contributed by atoms with Gasteiger partial charge in [0.05, 0.1) is 13.1 Å². The monoisotopic (exact) mass is 214 g/mol. The molecule has 0 unspecified atom stereocenters. The largest absolute Gasteiger partial charge is 0.401 e. The van der Waals surface area contributed by atoms with Crippen LogP contribution in [-0.2, 0) is 6.54 Å². The first-order chi connectivity index (χ1) is 7.01. The van der Waals surface area contributed by atoms with Gasteiger partial charge in [0.15, 0.2) is 5.69 Å². The Balaban J connectivity index is 2.48. The maximum Gasteiger partial charge on any atom is 0.401 e. The zero-order chi connectivity index (χ0) is 11.3. The molecule has 0 aliphatic carbocycles. The predicted octanol–water partition coefficient (Wildman–Crippen LogP) is 2.89. The summed E-state index contributed by atoms with van der Waals surface area (Å²) in [5.74, 6) is 0. The Labute approximate surface area is 85.5 Å². The molecule has 5 heteroatoms. The molecule has 0 heterocycles. The summed E-state index contributed by atoms with van der Waals surface area (Å²) >= 11 is 0. The number of alkyl halides is 3. The van der Waals surface area contributed by atoms with Crippen LogP contribution in [0, 0.1) is 6.57 Å². The number of hydrogen-bond acceptors (Lipinski definition) is 1. The van der Waals surface area contributed by atoms with Gasteiger partial charge in [0.2, 0.25) is 0 Å². The summed E-state index contributed by atoms with van der Waals surface area (Å²) < 4.78 is 35.4. The standard InChI is InChI=1S/C10H9F3N2/c1-14-9-4-2-3-8(5-9)6-15-7-10(11,12)13/h2-5,15H,6-7H2. The van der Waals surface area contributed by atoms with E-state index in [9.17, 15) is 13.2 Å². The molecule has 0 aliphatic heterocycles. The molecule has 0 fully saturated rings. The average Bonchev–Trinajstić information content (AvgIpc) is 2.16. The molecule has 1 N–H and O–H groups in total. The molecule has 1 aromatic carbocycles. The van der Waals surface area contributed by atoms with E-state index in [1.54, 1.807) is 24.3 Å². The number of nitrogens with one attached hydrogen (secondary N) is 1. The van der Waals surface area contributed by atoms with Crippen molar-refractivity contribution in [2.45, 2.75) is 12.7 Å². The van der Waals surface area contributed by atoms with Crippen LogP contribution in [0.4, 0.5) is 18.9 Å². The summed E-state index contributed by atoms with van der Waals surface area (Å²) in [6, 6.07) is 6.51. The van der Waals surface area contributed by atoms with E-state index in [1.807, 2.05) is 0 Å². The Morgan fingerprint density at radius 2 is 2.07 bits per heavy atom. The molecule has 0 radical (unpaired) electrons. The minimum atomic E-state index is -4.20. The van der Waals surface area contributed by atoms with Gasteiger partial charge in [-0.3, -0.25) is 0 Å². The molecule has 0 atom stereocenters. The molecule has 0 aliphatic rings. The predicted molar refractivity (Wildman–Crippen MR) is 50.5 cm³/mol. The fourth-order valence-electron chi connectivity index (χ4n) is 1.08. The highest BCUT2D eigenvalue weighted by molar-refractivity contribution is 5.46. The first-order valence-electron chi connectivity index (χ1n) is 4.25. The van der Waals surface area contributed by atoms with Crippen LogP contribution in [0.5, 0.6) is 0 Å². The Morgan fingerprint density at radius 1 is 1.33 bits per heavy atom. The van der Waals surface area contributed by atoms with Crippen molar-refractivity contribution in [1.29, 1.82) is 0 Å². The number of benzene rings is 1. The van der Waals surface area contributed by atoms with Crippen LogP contribution in [-0.4, -0.2) is 12.7 Å². The van der Waals surface area contributed by atoms with Crippen LogP contribution in [0.2, 0.25) is 0 Å². The smallest absolute Gasteiger partial charge is 0.305 e. The number of hydrogen-bond donors (Lipinski definition) is 1. The second-order valence-electron chi connectivity index (χ2n) is 3.00. The maximum atomic E-state index is 11.8. The van der Waals surface area contributed by atoms with E-state index in [-0.39, 0.29) is 6.54 Å². The van der Waals surface area contributed by atoms with Gasteiger partial charge < -0.3 is 5.32 Å². The van der Waals surface area contributed by atoms with Crippen LogP contribution in [0.15, 0.2) is 24.3 Å². The fourth-order valence-corrected chi connectivity index (χ4v) is 1.08. The molecule has 0 spiro atoms. The molecule has 15 heavy (non-hydrogen) atoms. The highest BCUT2D eigenvalue weighted by Gasteiger charge is 2.25. The normalized spacial score (nSPS) is 11.1. The lowest BCUT2D eigenvalue weighted by molar-refractivity contribution is -0.125. The van der Waals surface area contributed by atoms with Crippen molar-refractivity contribution < 1.29 is 13.2 Å². The maximum absolute atomic E-state index is 11.8. The molecule has 80 valence electrons. The van der Waals surface area contributed by atoms with Crippen molar-refractivity contribution in [3.63, 3.8) is 0 Å². The van der Waals surface area contributed by atoms with Gasteiger partial charge in [-0.05, 0) is 5.56 Å². The molecule has 0 bridgehead atoms. The Morgan fingerprint density at radius 3 is 2.67 bits per heavy atom. The summed E-state index contributed by atoms with van der Waals surface area (Å²) in [6.45, 7) is 5.84. The van der Waals surface area contributed by atoms with Crippen LogP contribution >= 0.6 is 0 Å². The van der Waals surface area contributed by atoms with Gasteiger partial charge in [-0.15, -0.1) is 0 Å². The number of rotatable bonds is 3. The van der Waals surface area contributed by atoms with Crippen molar-refractivity contribution in [1.82, 2.24) is 5.32 Å². The second kappa shape index (κ2) is 4.80. The van der Waals surface area contributed by atoms with Gasteiger partial charge >= 0.3 is 6.18 Å². The zero-order valence-corrected chi connectivity index (χ0v) is 7.80. The van der Waals surface area contributed by atoms with E-state index in [0.717, 1.165) is 0 Å². The molecule has 0 aromatic heterocycles. The molecule has 0 amide bonds. The van der Waals surface area contributed by atoms with Crippen molar-refractivity contribution in [2.24, 2.45) is 0 Å². The highest BCUT2D eigenvalue weighted by Crippen LogP contribution is 2.15. The Hall–Kier alpha value is -1.54. The third kappa shape index (κ3) is 4.47. The van der Waals surface area contributed by atoms with Gasteiger partial charge in [-0.1, -0.05) is 24.3 Å². The third-order valence-corrected chi connectivity index (χ3v) is 1.69. The summed E-state index contributed by atoms with van der Waals surface area (Å²) in [4.78, 5) is 3.19. The molecule has 1 rings (SSSR count). The van der Waals surface area contributed by atoms with E-state index >= 15 is 0 Å². The van der Waals surface area contributed by atoms with Crippen molar-refractivity contribution in [3.05, 3.63) is 41.2 Å². The molecular weight excluding hydrogens is 205 g/mol. The summed E-state index contributed by atoms with van der Waals surface area (Å²) in [5.41, 5.74) is 1.11. The van der Waals surface area contributed by atoms with Crippen molar-refractivity contribution in [2.75, 3.05) is 6.54 Å². The van der Waals surface area contributed by atoms with Gasteiger partial charge in [0.1, 0.15) is 0 Å². The SMILES string of the molecule is [C-]#[N+]c1cccc(CNCC(F)(F)F)c1. The van der Waals surface area contributed by atoms with Crippen LogP contribution < -0.4 is 5.32 Å². The second-order valence-corrected chi connectivity index (χ2v) is 3.00. The zero-order valence-electron chi connectivity index (χ0n) is 7.80. The highest BCUT2D eigenvalue weighted by atomic mass is 19.4. The van der Waals surface area contributed by atoms with Gasteiger partial charge in [0, 0.05) is 6.54 Å². The molecular formula is C10H9F3N2. The first-order valence-corrected chi connectivity index (χ1v) is 4.25. The lowest BCUT2D eigenvalue weighted by Crippen LogP contribution is -2.28. The molecule has 2 nitrogen and oxygen atoms in total. The van der Waals surface area contributed by atoms with Gasteiger partial charge in [0.25, 0.3) is 0 Å². The number of halogens is 3. The van der Waals surface area contributed by atoms with E-state index in [4.69, 9.17) is 6.57 Å². The topological polar surface area (TPSA) is 16.4 Å². The lowest BCUT2D eigenvalue weighted by atomic mass is 10.2. The van der Waals surface area contributed by atoms with Gasteiger partial charge in [-0.25, -0.2) is 4.85 Å². The van der Waals surface area contributed by atoms with Crippen LogP contribution in [0.1, 0.15) is 5.56 Å². The first kappa shape index (κ1) is 11.5. The molecule has 0 saturated heterocycles. The minimum absolute atomic E-state index is 0.114. The fraction of sp³-hybridized carbons (Fsp3) is 0.300. The van der Waals surface area contributed by atoms with E-state index < -0.39 is 12.7 Å². The van der Waals surface area contributed by atoms with E-state index in [1.165, 1.54) is 0 Å². The van der Waals surface area contributed by atoms with Gasteiger partial charge in [-0.2, -0.15) is 13.2 Å². The third-order valence-electron chi connectivity index (χ3n) is 1.69. The van der Waals surface area contributed by atoms with Crippen LogP contribution in [0.25, 0.3) is 4.85 Å². The summed E-state index contributed by atoms with van der Waals surface area (Å²) in [7, 11) is 0. The number of nitrogens with zero attached hydrogens (tertiary/aromatic N) is 1. The van der Waals surface area contributed by atoms with E-state index in [2.05, 4.69) is 10.2 Å². The van der Waals surface area contributed by atoms with Crippen LogP contribution in [0.3, 0.4) is 0 Å². The quantitative estimate of drug-likeness (QED) is 0.765.